The average molecular weight is 342 g/mol. The van der Waals surface area contributed by atoms with Crippen molar-refractivity contribution in [3.63, 3.8) is 0 Å². The SMILES string of the molecule is CN1C2CCC1CC(C(NN)c1cc(Br)ccc1F)C2. The van der Waals surface area contributed by atoms with E-state index in [9.17, 15) is 4.39 Å². The Labute approximate surface area is 127 Å². The quantitative estimate of drug-likeness (QED) is 0.656. The van der Waals surface area contributed by atoms with E-state index in [1.165, 1.54) is 18.9 Å². The first-order valence-electron chi connectivity index (χ1n) is 7.23. The summed E-state index contributed by atoms with van der Waals surface area (Å²) >= 11 is 3.42. The number of piperidine rings is 1. The monoisotopic (exact) mass is 341 g/mol. The number of benzene rings is 1. The Morgan fingerprint density at radius 2 is 2.00 bits per heavy atom. The van der Waals surface area contributed by atoms with Gasteiger partial charge in [0.15, 0.2) is 0 Å². The molecular weight excluding hydrogens is 321 g/mol. The minimum atomic E-state index is -0.178. The summed E-state index contributed by atoms with van der Waals surface area (Å²) in [4.78, 5) is 2.49. The van der Waals surface area contributed by atoms with Crippen LogP contribution in [0, 0.1) is 11.7 Å². The fourth-order valence-corrected chi connectivity index (χ4v) is 4.34. The Hall–Kier alpha value is -0.490. The normalized spacial score (nSPS) is 31.5. The highest BCUT2D eigenvalue weighted by Crippen LogP contribution is 2.42. The van der Waals surface area contributed by atoms with Crippen LogP contribution in [0.2, 0.25) is 0 Å². The van der Waals surface area contributed by atoms with Gasteiger partial charge >= 0.3 is 0 Å². The molecule has 3 N–H and O–H groups in total. The molecule has 2 heterocycles. The van der Waals surface area contributed by atoms with E-state index in [2.05, 4.69) is 33.3 Å². The number of halogens is 2. The van der Waals surface area contributed by atoms with Crippen LogP contribution < -0.4 is 11.3 Å². The molecule has 3 unspecified atom stereocenters. The molecule has 3 atom stereocenters. The Balaban J connectivity index is 1.85. The Morgan fingerprint density at radius 3 is 2.60 bits per heavy atom. The molecule has 20 heavy (non-hydrogen) atoms. The summed E-state index contributed by atoms with van der Waals surface area (Å²) in [5.74, 6) is 5.98. The van der Waals surface area contributed by atoms with Crippen LogP contribution in [0.1, 0.15) is 37.3 Å². The van der Waals surface area contributed by atoms with Gasteiger partial charge in [0.25, 0.3) is 0 Å². The lowest BCUT2D eigenvalue weighted by Crippen LogP contribution is -2.45. The third-order valence-electron chi connectivity index (χ3n) is 5.08. The molecule has 2 fully saturated rings. The fourth-order valence-electron chi connectivity index (χ4n) is 3.96. The molecule has 3 nitrogen and oxygen atoms in total. The number of hydrogen-bond acceptors (Lipinski definition) is 3. The van der Waals surface area contributed by atoms with Crippen molar-refractivity contribution in [2.75, 3.05) is 7.05 Å². The van der Waals surface area contributed by atoms with Gasteiger partial charge < -0.3 is 4.90 Å². The molecule has 1 aromatic carbocycles. The van der Waals surface area contributed by atoms with E-state index >= 15 is 0 Å². The molecule has 0 aliphatic carbocycles. The van der Waals surface area contributed by atoms with E-state index in [0.717, 1.165) is 17.3 Å². The van der Waals surface area contributed by atoms with Crippen LogP contribution in [0.5, 0.6) is 0 Å². The van der Waals surface area contributed by atoms with Crippen molar-refractivity contribution in [1.82, 2.24) is 10.3 Å². The lowest BCUT2D eigenvalue weighted by atomic mass is 9.82. The summed E-state index contributed by atoms with van der Waals surface area (Å²) < 4.78 is 15.0. The van der Waals surface area contributed by atoms with Gasteiger partial charge in [-0.1, -0.05) is 15.9 Å². The van der Waals surface area contributed by atoms with Gasteiger partial charge in [0.1, 0.15) is 5.82 Å². The Kier molecular flexibility index (Phi) is 4.13. The van der Waals surface area contributed by atoms with Crippen molar-refractivity contribution >= 4 is 15.9 Å². The molecule has 2 aliphatic rings. The molecule has 0 saturated carbocycles. The van der Waals surface area contributed by atoms with Crippen molar-refractivity contribution in [2.24, 2.45) is 11.8 Å². The highest BCUT2D eigenvalue weighted by molar-refractivity contribution is 9.10. The Morgan fingerprint density at radius 1 is 1.35 bits per heavy atom. The number of hydrazine groups is 1. The number of nitrogens with zero attached hydrogens (tertiary/aromatic N) is 1. The second-order valence-electron chi connectivity index (χ2n) is 6.09. The maximum absolute atomic E-state index is 14.1. The van der Waals surface area contributed by atoms with E-state index in [1.807, 2.05) is 6.07 Å². The third-order valence-corrected chi connectivity index (χ3v) is 5.57. The number of nitrogens with two attached hydrogens (primary N) is 1. The minimum Gasteiger partial charge on any atom is -0.300 e. The highest BCUT2D eigenvalue weighted by atomic mass is 79.9. The number of fused-ring (bicyclic) bond motifs is 2. The van der Waals surface area contributed by atoms with Gasteiger partial charge in [-0.2, -0.15) is 0 Å². The zero-order valence-electron chi connectivity index (χ0n) is 11.7. The van der Waals surface area contributed by atoms with Crippen LogP contribution >= 0.6 is 15.9 Å². The van der Waals surface area contributed by atoms with Crippen LogP contribution in [-0.2, 0) is 0 Å². The maximum Gasteiger partial charge on any atom is 0.128 e. The zero-order valence-corrected chi connectivity index (χ0v) is 13.2. The lowest BCUT2D eigenvalue weighted by molar-refractivity contribution is 0.111. The summed E-state index contributed by atoms with van der Waals surface area (Å²) in [6.45, 7) is 0. The first-order valence-corrected chi connectivity index (χ1v) is 8.02. The van der Waals surface area contributed by atoms with E-state index in [0.29, 0.717) is 23.6 Å². The van der Waals surface area contributed by atoms with Crippen molar-refractivity contribution in [3.05, 3.63) is 34.1 Å². The second kappa shape index (κ2) is 5.72. The molecule has 0 amide bonds. The molecule has 3 rings (SSSR count). The van der Waals surface area contributed by atoms with Gasteiger partial charge in [-0.05, 0) is 56.8 Å². The molecular formula is C15H21BrFN3. The first-order chi connectivity index (χ1) is 9.60. The van der Waals surface area contributed by atoms with E-state index in [1.54, 1.807) is 6.07 Å². The zero-order chi connectivity index (χ0) is 14.3. The van der Waals surface area contributed by atoms with Crippen LogP contribution in [0.15, 0.2) is 22.7 Å². The van der Waals surface area contributed by atoms with Crippen molar-refractivity contribution in [2.45, 2.75) is 43.8 Å². The molecule has 2 aliphatic heterocycles. The molecule has 1 aromatic rings. The molecule has 0 spiro atoms. The standard InChI is InChI=1S/C15H21BrFN3/c1-20-11-3-4-12(20)7-9(6-11)15(19-18)13-8-10(16)2-5-14(13)17/h2,5,8-9,11-12,15,19H,3-4,6-7,18H2,1H3. The van der Waals surface area contributed by atoms with Crippen LogP contribution in [0.25, 0.3) is 0 Å². The largest absolute Gasteiger partial charge is 0.300 e. The Bertz CT molecular complexity index is 482. The van der Waals surface area contributed by atoms with E-state index < -0.39 is 0 Å². The van der Waals surface area contributed by atoms with Crippen LogP contribution in [0.4, 0.5) is 4.39 Å². The average Bonchev–Trinajstić information content (AvgIpc) is 2.66. The highest BCUT2D eigenvalue weighted by Gasteiger charge is 2.41. The van der Waals surface area contributed by atoms with Gasteiger partial charge in [-0.3, -0.25) is 11.3 Å². The van der Waals surface area contributed by atoms with Gasteiger partial charge in [0.2, 0.25) is 0 Å². The molecule has 110 valence electrons. The van der Waals surface area contributed by atoms with Crippen molar-refractivity contribution in [1.29, 1.82) is 0 Å². The number of hydrogen-bond donors (Lipinski definition) is 2. The molecule has 0 radical (unpaired) electrons. The molecule has 0 aromatic heterocycles. The lowest BCUT2D eigenvalue weighted by Gasteiger charge is -2.39. The topological polar surface area (TPSA) is 41.3 Å². The summed E-state index contributed by atoms with van der Waals surface area (Å²) in [7, 11) is 2.21. The summed E-state index contributed by atoms with van der Waals surface area (Å²) in [6, 6.07) is 6.23. The predicted molar refractivity (Wildman–Crippen MR) is 81.5 cm³/mol. The summed E-state index contributed by atoms with van der Waals surface area (Å²) in [5.41, 5.74) is 3.54. The van der Waals surface area contributed by atoms with E-state index in [4.69, 9.17) is 5.84 Å². The van der Waals surface area contributed by atoms with Crippen molar-refractivity contribution < 1.29 is 4.39 Å². The van der Waals surface area contributed by atoms with Gasteiger partial charge in [0, 0.05) is 22.1 Å². The molecule has 2 bridgehead atoms. The number of nitrogens with one attached hydrogen (secondary N) is 1. The minimum absolute atomic E-state index is 0.107. The predicted octanol–water partition coefficient (Wildman–Crippen LogP) is 2.97. The fraction of sp³-hybridized carbons (Fsp3) is 0.600. The summed E-state index contributed by atoms with van der Waals surface area (Å²) in [6.07, 6.45) is 4.70. The van der Waals surface area contributed by atoms with Crippen LogP contribution in [-0.4, -0.2) is 24.0 Å². The van der Waals surface area contributed by atoms with Gasteiger partial charge in [-0.15, -0.1) is 0 Å². The number of rotatable bonds is 3. The van der Waals surface area contributed by atoms with Gasteiger partial charge in [0.05, 0.1) is 6.04 Å². The van der Waals surface area contributed by atoms with Crippen LogP contribution in [0.3, 0.4) is 0 Å². The van der Waals surface area contributed by atoms with Crippen molar-refractivity contribution in [3.8, 4) is 0 Å². The maximum atomic E-state index is 14.1. The summed E-state index contributed by atoms with van der Waals surface area (Å²) in [5, 5.41) is 0. The first kappa shape index (κ1) is 14.4. The van der Waals surface area contributed by atoms with Gasteiger partial charge in [-0.25, -0.2) is 4.39 Å². The third kappa shape index (κ3) is 2.52. The molecule has 5 heteroatoms. The smallest absolute Gasteiger partial charge is 0.128 e. The second-order valence-corrected chi connectivity index (χ2v) is 7.01. The van der Waals surface area contributed by atoms with E-state index in [-0.39, 0.29) is 11.9 Å². The molecule has 2 saturated heterocycles.